The third kappa shape index (κ3) is 3.29. The minimum Gasteiger partial charge on any atom is -0.368 e. The highest BCUT2D eigenvalue weighted by atomic mass is 35.5. The molecule has 5 nitrogen and oxygen atoms in total. The van der Waals surface area contributed by atoms with Crippen LogP contribution in [0.1, 0.15) is 37.9 Å². The minimum absolute atomic E-state index is 0.0592. The Morgan fingerprint density at radius 3 is 2.96 bits per heavy atom. The third-order valence-corrected chi connectivity index (χ3v) is 4.43. The number of nitrogens with zero attached hydrogens (tertiary/aromatic N) is 3. The second-order valence-corrected chi connectivity index (χ2v) is 6.20. The van der Waals surface area contributed by atoms with Crippen molar-refractivity contribution in [1.82, 2.24) is 14.9 Å². The summed E-state index contributed by atoms with van der Waals surface area (Å²) in [5.41, 5.74) is 8.42. The molecule has 0 unspecified atom stereocenters. The average Bonchev–Trinajstić information content (AvgIpc) is 2.54. The number of piperidine rings is 1. The van der Waals surface area contributed by atoms with Crippen molar-refractivity contribution in [2.45, 2.75) is 32.2 Å². The van der Waals surface area contributed by atoms with Gasteiger partial charge in [-0.15, -0.1) is 0 Å². The topological polar surface area (TPSA) is 72.1 Å². The van der Waals surface area contributed by atoms with E-state index in [0.717, 1.165) is 42.6 Å². The molecule has 1 aromatic carbocycles. The zero-order valence-electron chi connectivity index (χ0n) is 13.0. The highest BCUT2D eigenvalue weighted by molar-refractivity contribution is 6.30. The van der Waals surface area contributed by atoms with E-state index in [1.807, 2.05) is 29.2 Å². The van der Waals surface area contributed by atoms with E-state index in [0.29, 0.717) is 5.02 Å². The zero-order chi connectivity index (χ0) is 16.4. The highest BCUT2D eigenvalue weighted by Crippen LogP contribution is 2.36. The number of amides is 1. The van der Waals surface area contributed by atoms with Gasteiger partial charge in [-0.05, 0) is 37.0 Å². The van der Waals surface area contributed by atoms with Crippen LogP contribution >= 0.6 is 11.6 Å². The normalized spacial score (nSPS) is 18.0. The number of aromatic nitrogens is 2. The van der Waals surface area contributed by atoms with Crippen molar-refractivity contribution in [2.75, 3.05) is 12.3 Å². The van der Waals surface area contributed by atoms with Crippen LogP contribution in [0.2, 0.25) is 5.02 Å². The first kappa shape index (κ1) is 15.7. The van der Waals surface area contributed by atoms with E-state index in [2.05, 4.69) is 9.97 Å². The molecule has 2 N–H and O–H groups in total. The molecule has 1 fully saturated rings. The molecule has 0 aliphatic carbocycles. The molecule has 0 spiro atoms. The summed E-state index contributed by atoms with van der Waals surface area (Å²) >= 11 is 6.11. The maximum absolute atomic E-state index is 12.0. The van der Waals surface area contributed by atoms with Crippen molar-refractivity contribution >= 4 is 23.5 Å². The minimum atomic E-state index is -0.0690. The molecule has 1 aromatic heterocycles. The lowest BCUT2D eigenvalue weighted by molar-refractivity contribution is -0.132. The standard InChI is InChI=1S/C17H19ClN4O/c1-11(23)22-8-3-2-7-15(22)16-14(10-20-17(19)21-16)12-5-4-6-13(18)9-12/h4-6,9-10,15H,2-3,7-8H2,1H3,(H2,19,20,21)/t15-/m1/s1. The average molecular weight is 331 g/mol. The smallest absolute Gasteiger partial charge is 0.220 e. The maximum Gasteiger partial charge on any atom is 0.220 e. The van der Waals surface area contributed by atoms with Gasteiger partial charge in [-0.1, -0.05) is 23.7 Å². The van der Waals surface area contributed by atoms with Gasteiger partial charge in [0.1, 0.15) is 0 Å². The van der Waals surface area contributed by atoms with Gasteiger partial charge in [0.2, 0.25) is 11.9 Å². The van der Waals surface area contributed by atoms with Crippen LogP contribution in [0.4, 0.5) is 5.95 Å². The van der Waals surface area contributed by atoms with Gasteiger partial charge >= 0.3 is 0 Å². The maximum atomic E-state index is 12.0. The zero-order valence-corrected chi connectivity index (χ0v) is 13.8. The molecule has 1 aliphatic heterocycles. The molecular weight excluding hydrogens is 312 g/mol. The van der Waals surface area contributed by atoms with Gasteiger partial charge in [-0.25, -0.2) is 9.97 Å². The number of carbonyl (C=O) groups is 1. The number of nitrogens with two attached hydrogens (primary N) is 1. The molecule has 120 valence electrons. The molecule has 2 aromatic rings. The van der Waals surface area contributed by atoms with E-state index in [1.165, 1.54) is 0 Å². The van der Waals surface area contributed by atoms with E-state index < -0.39 is 0 Å². The van der Waals surface area contributed by atoms with Crippen LogP contribution in [-0.4, -0.2) is 27.3 Å². The Balaban J connectivity index is 2.10. The molecule has 1 amide bonds. The summed E-state index contributed by atoms with van der Waals surface area (Å²) in [5, 5.41) is 0.650. The predicted octanol–water partition coefficient (Wildman–Crippen LogP) is 3.45. The monoisotopic (exact) mass is 330 g/mol. The summed E-state index contributed by atoms with van der Waals surface area (Å²) in [4.78, 5) is 22.5. The molecule has 2 heterocycles. The quantitative estimate of drug-likeness (QED) is 0.915. The molecule has 3 rings (SSSR count). The van der Waals surface area contributed by atoms with Gasteiger partial charge in [0.05, 0.1) is 11.7 Å². The molecule has 1 saturated heterocycles. The number of rotatable bonds is 2. The second kappa shape index (κ2) is 6.54. The third-order valence-electron chi connectivity index (χ3n) is 4.20. The number of nitrogen functional groups attached to an aromatic ring is 1. The Bertz CT molecular complexity index is 734. The van der Waals surface area contributed by atoms with Gasteiger partial charge in [-0.2, -0.15) is 0 Å². The first-order valence-corrected chi connectivity index (χ1v) is 8.09. The lowest BCUT2D eigenvalue weighted by Gasteiger charge is -2.35. The van der Waals surface area contributed by atoms with Gasteiger partial charge in [0.25, 0.3) is 0 Å². The van der Waals surface area contributed by atoms with E-state index in [4.69, 9.17) is 17.3 Å². The van der Waals surface area contributed by atoms with Crippen LogP contribution in [0.3, 0.4) is 0 Å². The van der Waals surface area contributed by atoms with E-state index >= 15 is 0 Å². The summed E-state index contributed by atoms with van der Waals surface area (Å²) < 4.78 is 0. The van der Waals surface area contributed by atoms with Gasteiger partial charge in [-0.3, -0.25) is 4.79 Å². The Morgan fingerprint density at radius 1 is 1.39 bits per heavy atom. The summed E-state index contributed by atoms with van der Waals surface area (Å²) in [7, 11) is 0. The number of halogens is 1. The summed E-state index contributed by atoms with van der Waals surface area (Å²) in [6.07, 6.45) is 4.68. The molecule has 1 atom stereocenters. The van der Waals surface area contributed by atoms with Crippen molar-refractivity contribution in [1.29, 1.82) is 0 Å². The van der Waals surface area contributed by atoms with Crippen molar-refractivity contribution < 1.29 is 4.79 Å². The Morgan fingerprint density at radius 2 is 2.22 bits per heavy atom. The van der Waals surface area contributed by atoms with E-state index in [9.17, 15) is 4.79 Å². The van der Waals surface area contributed by atoms with Crippen LogP contribution in [0.15, 0.2) is 30.5 Å². The predicted molar refractivity (Wildman–Crippen MR) is 90.9 cm³/mol. The summed E-state index contributed by atoms with van der Waals surface area (Å²) in [6.45, 7) is 2.35. The molecule has 6 heteroatoms. The molecule has 0 bridgehead atoms. The van der Waals surface area contributed by atoms with Crippen molar-refractivity contribution in [3.63, 3.8) is 0 Å². The van der Waals surface area contributed by atoms with E-state index in [1.54, 1.807) is 13.1 Å². The Kier molecular flexibility index (Phi) is 4.48. The summed E-state index contributed by atoms with van der Waals surface area (Å²) in [5.74, 6) is 0.281. The summed E-state index contributed by atoms with van der Waals surface area (Å²) in [6, 6.07) is 7.49. The van der Waals surface area contributed by atoms with Crippen LogP contribution in [-0.2, 0) is 4.79 Å². The van der Waals surface area contributed by atoms with Gasteiger partial charge in [0.15, 0.2) is 0 Å². The lowest BCUT2D eigenvalue weighted by Crippen LogP contribution is -2.37. The van der Waals surface area contributed by atoms with Gasteiger partial charge < -0.3 is 10.6 Å². The largest absolute Gasteiger partial charge is 0.368 e. The van der Waals surface area contributed by atoms with Crippen LogP contribution in [0, 0.1) is 0 Å². The molecule has 0 radical (unpaired) electrons. The first-order valence-electron chi connectivity index (χ1n) is 7.72. The number of benzene rings is 1. The van der Waals surface area contributed by atoms with Crippen LogP contribution < -0.4 is 5.73 Å². The van der Waals surface area contributed by atoms with Crippen LogP contribution in [0.25, 0.3) is 11.1 Å². The SMILES string of the molecule is CC(=O)N1CCCC[C@@H]1c1nc(N)ncc1-c1cccc(Cl)c1. The van der Waals surface area contributed by atoms with Gasteiger partial charge in [0, 0.05) is 30.3 Å². The molecule has 23 heavy (non-hydrogen) atoms. The fourth-order valence-electron chi connectivity index (χ4n) is 3.13. The number of hydrogen-bond donors (Lipinski definition) is 1. The second-order valence-electron chi connectivity index (χ2n) is 5.76. The number of likely N-dealkylation sites (tertiary alicyclic amines) is 1. The van der Waals surface area contributed by atoms with Crippen molar-refractivity contribution in [3.8, 4) is 11.1 Å². The number of anilines is 1. The molecule has 1 aliphatic rings. The van der Waals surface area contributed by atoms with Crippen molar-refractivity contribution in [2.24, 2.45) is 0 Å². The Labute approximate surface area is 140 Å². The van der Waals surface area contributed by atoms with Crippen LogP contribution in [0.5, 0.6) is 0 Å². The van der Waals surface area contributed by atoms with E-state index in [-0.39, 0.29) is 17.9 Å². The number of hydrogen-bond acceptors (Lipinski definition) is 4. The molecular formula is C17H19ClN4O. The lowest BCUT2D eigenvalue weighted by atomic mass is 9.94. The molecule has 0 saturated carbocycles. The fraction of sp³-hybridized carbons (Fsp3) is 0.353. The van der Waals surface area contributed by atoms with Crippen molar-refractivity contribution in [3.05, 3.63) is 41.2 Å². The number of carbonyl (C=O) groups excluding carboxylic acids is 1. The highest BCUT2D eigenvalue weighted by Gasteiger charge is 2.29. The Hall–Kier alpha value is -2.14. The first-order chi connectivity index (χ1) is 11.1. The fourth-order valence-corrected chi connectivity index (χ4v) is 3.32.